The number of fused-ring (bicyclic) bond motifs is 2. The van der Waals surface area contributed by atoms with E-state index < -0.39 is 18.7 Å². The Bertz CT molecular complexity index is 1990. The van der Waals surface area contributed by atoms with E-state index in [1.807, 2.05) is 0 Å². The van der Waals surface area contributed by atoms with Crippen LogP contribution in [-0.4, -0.2) is 169 Å². The topological polar surface area (TPSA) is 225 Å². The van der Waals surface area contributed by atoms with Gasteiger partial charge in [0.2, 0.25) is 0 Å². The summed E-state index contributed by atoms with van der Waals surface area (Å²) in [7, 11) is 0. The molecule has 0 spiro atoms. The molecule has 0 saturated heterocycles. The van der Waals surface area contributed by atoms with E-state index in [4.69, 9.17) is 71.1 Å². The third-order valence-corrected chi connectivity index (χ3v) is 9.58. The number of hydrogen-bond donors (Lipinski definition) is 1. The lowest BCUT2D eigenvalue weighted by molar-refractivity contribution is -0.145. The van der Waals surface area contributed by atoms with Crippen molar-refractivity contribution in [3.63, 3.8) is 0 Å². The van der Waals surface area contributed by atoms with E-state index >= 15 is 0 Å². The third-order valence-electron chi connectivity index (χ3n) is 9.58. The van der Waals surface area contributed by atoms with Crippen molar-refractivity contribution in [2.45, 2.75) is 6.10 Å². The number of hydrogen-bond acceptors (Lipinski definition) is 20. The second kappa shape index (κ2) is 32.7. The maximum Gasteiger partial charge on any atom is 0.329 e. The van der Waals surface area contributed by atoms with Gasteiger partial charge < -0.3 is 76.2 Å². The molecule has 2 aliphatic rings. The van der Waals surface area contributed by atoms with Gasteiger partial charge in [0.15, 0.2) is 23.0 Å². The van der Waals surface area contributed by atoms with Crippen LogP contribution in [0.25, 0.3) is 0 Å². The van der Waals surface area contributed by atoms with Crippen LogP contribution >= 0.6 is 0 Å². The highest BCUT2D eigenvalue weighted by Crippen LogP contribution is 2.34. The predicted molar refractivity (Wildman–Crippen MR) is 251 cm³/mol. The number of carboxylic acids is 1. The standard InChI is InChI=1S/C49H62N4O17/c54-49(55)37-70-44(35-68-42-7-1-38(2-8-42)50-52-40-5-11-45-47(33-40)66-31-27-62-23-19-58-15-13-56-17-21-60-25-29-64-45)36-69-43-9-3-39(4-10-43)51-53-41-6-12-46-48(34-41)67-32-28-63-24-20-59-16-14-57-18-22-61-26-30-65-46/h1-12,33-34,44H,13-32,35-37H2,(H,54,55). The van der Waals surface area contributed by atoms with Crippen molar-refractivity contribution in [1.82, 2.24) is 0 Å². The first-order valence-electron chi connectivity index (χ1n) is 23.1. The third kappa shape index (κ3) is 21.7. The molecule has 4 aromatic carbocycles. The minimum absolute atomic E-state index is 0.0116. The van der Waals surface area contributed by atoms with Crippen molar-refractivity contribution in [1.29, 1.82) is 0 Å². The van der Waals surface area contributed by atoms with Gasteiger partial charge in [-0.05, 0) is 72.8 Å². The number of carboxylic acid groups (broad SMARTS) is 1. The van der Waals surface area contributed by atoms with E-state index in [0.29, 0.717) is 189 Å². The van der Waals surface area contributed by atoms with Crippen molar-refractivity contribution in [3.05, 3.63) is 84.9 Å². The second-order valence-corrected chi connectivity index (χ2v) is 14.9. The maximum atomic E-state index is 11.4. The zero-order chi connectivity index (χ0) is 48.5. The SMILES string of the molecule is O=C(O)COC(COc1ccc(N=Nc2ccc3c(c2)OCCOCCOCCOCCOCCO3)cc1)COc1ccc(N=Nc2ccc3c(c2)OCCOCCOCCOCCOCCO3)cc1. The Labute approximate surface area is 406 Å². The molecule has 2 aliphatic heterocycles. The molecule has 2 heterocycles. The van der Waals surface area contributed by atoms with Crippen molar-refractivity contribution in [2.75, 3.05) is 152 Å². The smallest absolute Gasteiger partial charge is 0.329 e. The second-order valence-electron chi connectivity index (χ2n) is 14.9. The number of aliphatic carboxylic acids is 1. The molecule has 0 aromatic heterocycles. The van der Waals surface area contributed by atoms with Crippen LogP contribution in [0.3, 0.4) is 0 Å². The fraction of sp³-hybridized carbons (Fsp3) is 0.490. The van der Waals surface area contributed by atoms with E-state index in [9.17, 15) is 9.90 Å². The van der Waals surface area contributed by atoms with Crippen LogP contribution < -0.4 is 28.4 Å². The van der Waals surface area contributed by atoms with Crippen LogP contribution in [0.4, 0.5) is 22.7 Å². The van der Waals surface area contributed by atoms with E-state index in [1.165, 1.54) is 0 Å². The summed E-state index contributed by atoms with van der Waals surface area (Å²) in [6.45, 7) is 7.81. The Balaban J connectivity index is 0.975. The van der Waals surface area contributed by atoms with E-state index in [-0.39, 0.29) is 13.2 Å². The number of ether oxygens (including phenoxy) is 15. The van der Waals surface area contributed by atoms with E-state index in [1.54, 1.807) is 84.9 Å². The van der Waals surface area contributed by atoms with Crippen LogP contribution in [0.5, 0.6) is 34.5 Å². The van der Waals surface area contributed by atoms with Gasteiger partial charge in [-0.2, -0.15) is 20.5 Å². The Morgan fingerprint density at radius 3 is 1.01 bits per heavy atom. The zero-order valence-corrected chi connectivity index (χ0v) is 39.2. The van der Waals surface area contributed by atoms with Gasteiger partial charge in [-0.25, -0.2) is 4.79 Å². The lowest BCUT2D eigenvalue weighted by atomic mass is 10.3. The monoisotopic (exact) mass is 978 g/mol. The Kier molecular flexibility index (Phi) is 24.9. The van der Waals surface area contributed by atoms with Gasteiger partial charge in [-0.3, -0.25) is 0 Å². The van der Waals surface area contributed by atoms with Gasteiger partial charge in [-0.1, -0.05) is 0 Å². The molecule has 4 aromatic rings. The molecule has 380 valence electrons. The van der Waals surface area contributed by atoms with Crippen LogP contribution in [-0.2, 0) is 47.4 Å². The number of carbonyl (C=O) groups is 1. The zero-order valence-electron chi connectivity index (χ0n) is 39.2. The highest BCUT2D eigenvalue weighted by Gasteiger charge is 2.15. The molecule has 70 heavy (non-hydrogen) atoms. The minimum atomic E-state index is -1.12. The van der Waals surface area contributed by atoms with Crippen molar-refractivity contribution >= 4 is 28.7 Å². The molecule has 0 amide bonds. The fourth-order valence-corrected chi connectivity index (χ4v) is 6.11. The van der Waals surface area contributed by atoms with Crippen molar-refractivity contribution in [2.24, 2.45) is 20.5 Å². The lowest BCUT2D eigenvalue weighted by Gasteiger charge is -2.18. The summed E-state index contributed by atoms with van der Waals surface area (Å²) in [4.78, 5) is 11.4. The number of azo groups is 2. The number of nitrogens with zero attached hydrogens (tertiary/aromatic N) is 4. The summed E-state index contributed by atoms with van der Waals surface area (Å²) in [6.07, 6.45) is -0.716. The molecule has 21 heteroatoms. The van der Waals surface area contributed by atoms with Gasteiger partial charge in [0.1, 0.15) is 63.9 Å². The van der Waals surface area contributed by atoms with Crippen LogP contribution in [0.1, 0.15) is 0 Å². The average Bonchev–Trinajstić information content (AvgIpc) is 3.37. The van der Waals surface area contributed by atoms with Crippen LogP contribution in [0.15, 0.2) is 105 Å². The molecule has 0 radical (unpaired) electrons. The minimum Gasteiger partial charge on any atom is -0.491 e. The molecule has 21 nitrogen and oxygen atoms in total. The Morgan fingerprint density at radius 2 is 0.686 bits per heavy atom. The largest absolute Gasteiger partial charge is 0.491 e. The lowest BCUT2D eigenvalue weighted by Crippen LogP contribution is -2.30. The van der Waals surface area contributed by atoms with E-state index in [2.05, 4.69) is 20.5 Å². The first-order valence-corrected chi connectivity index (χ1v) is 23.1. The average molecular weight is 979 g/mol. The number of rotatable bonds is 13. The fourth-order valence-electron chi connectivity index (χ4n) is 6.11. The summed E-state index contributed by atoms with van der Waals surface area (Å²) >= 11 is 0. The first kappa shape index (κ1) is 53.3. The van der Waals surface area contributed by atoms with Gasteiger partial charge in [-0.15, -0.1) is 0 Å². The molecule has 0 saturated carbocycles. The molecule has 1 N–H and O–H groups in total. The van der Waals surface area contributed by atoms with Gasteiger partial charge >= 0.3 is 5.97 Å². The Morgan fingerprint density at radius 1 is 0.400 bits per heavy atom. The first-order chi connectivity index (χ1) is 34.6. The van der Waals surface area contributed by atoms with Gasteiger partial charge in [0, 0.05) is 12.1 Å². The highest BCUT2D eigenvalue weighted by molar-refractivity contribution is 5.68. The van der Waals surface area contributed by atoms with Gasteiger partial charge in [0.05, 0.1) is 128 Å². The molecular formula is C49H62N4O17. The quantitative estimate of drug-likeness (QED) is 0.132. The Hall–Kier alpha value is -6.01. The molecule has 6 rings (SSSR count). The highest BCUT2D eigenvalue weighted by atomic mass is 16.6. The summed E-state index contributed by atoms with van der Waals surface area (Å²) in [5.41, 5.74) is 2.24. The normalized spacial score (nSPS) is 17.6. The molecule has 0 unspecified atom stereocenters. The summed E-state index contributed by atoms with van der Waals surface area (Å²) in [5, 5.41) is 26.8. The molecular weight excluding hydrogens is 917 g/mol. The number of benzene rings is 4. The molecule has 0 aliphatic carbocycles. The van der Waals surface area contributed by atoms with Crippen molar-refractivity contribution < 1.29 is 81.0 Å². The van der Waals surface area contributed by atoms with Crippen LogP contribution in [0, 0.1) is 0 Å². The predicted octanol–water partition coefficient (Wildman–Crippen LogP) is 7.12. The molecule has 0 atom stereocenters. The maximum absolute atomic E-state index is 11.4. The van der Waals surface area contributed by atoms with Gasteiger partial charge in [0.25, 0.3) is 0 Å². The summed E-state index contributed by atoms with van der Waals surface area (Å²) in [6, 6.07) is 24.5. The van der Waals surface area contributed by atoms with E-state index in [0.717, 1.165) is 0 Å². The summed E-state index contributed by atoms with van der Waals surface area (Å²) < 4.78 is 85.7. The van der Waals surface area contributed by atoms with Crippen molar-refractivity contribution in [3.8, 4) is 34.5 Å². The summed E-state index contributed by atoms with van der Waals surface area (Å²) in [5.74, 6) is 1.97. The van der Waals surface area contributed by atoms with Crippen LogP contribution in [0.2, 0.25) is 0 Å². The molecule has 0 fully saturated rings. The molecule has 0 bridgehead atoms.